The Labute approximate surface area is 163 Å². The number of carbonyl (C=O) groups is 2. The SMILES string of the molecule is COc1ccc(OCCCC(=O)O[C@H](C)C(=O)Nc2ccc(C)c(F)c2)cc1. The van der Waals surface area contributed by atoms with Crippen LogP contribution >= 0.6 is 0 Å². The Balaban J connectivity index is 1.69. The van der Waals surface area contributed by atoms with Crippen molar-refractivity contribution in [1.29, 1.82) is 0 Å². The summed E-state index contributed by atoms with van der Waals surface area (Å²) in [5, 5.41) is 2.52. The third-order valence-corrected chi connectivity index (χ3v) is 3.97. The van der Waals surface area contributed by atoms with Gasteiger partial charge in [-0.25, -0.2) is 4.39 Å². The smallest absolute Gasteiger partial charge is 0.306 e. The van der Waals surface area contributed by atoms with Crippen LogP contribution in [0.2, 0.25) is 0 Å². The quantitative estimate of drug-likeness (QED) is 0.521. The number of anilines is 1. The van der Waals surface area contributed by atoms with Crippen LogP contribution in [-0.2, 0) is 14.3 Å². The minimum absolute atomic E-state index is 0.118. The molecule has 0 aliphatic rings. The van der Waals surface area contributed by atoms with Crippen molar-refractivity contribution in [3.05, 3.63) is 53.8 Å². The molecule has 150 valence electrons. The van der Waals surface area contributed by atoms with E-state index in [4.69, 9.17) is 14.2 Å². The highest BCUT2D eigenvalue weighted by Gasteiger charge is 2.18. The number of rotatable bonds is 9. The van der Waals surface area contributed by atoms with Gasteiger partial charge in [0.15, 0.2) is 6.10 Å². The molecule has 0 spiro atoms. The van der Waals surface area contributed by atoms with Gasteiger partial charge in [-0.2, -0.15) is 0 Å². The van der Waals surface area contributed by atoms with Crippen molar-refractivity contribution in [2.45, 2.75) is 32.8 Å². The van der Waals surface area contributed by atoms with E-state index >= 15 is 0 Å². The highest BCUT2D eigenvalue weighted by molar-refractivity contribution is 5.95. The van der Waals surface area contributed by atoms with Crippen LogP contribution in [0.25, 0.3) is 0 Å². The van der Waals surface area contributed by atoms with Crippen LogP contribution < -0.4 is 14.8 Å². The van der Waals surface area contributed by atoms with Crippen molar-refractivity contribution >= 4 is 17.6 Å². The van der Waals surface area contributed by atoms with Crippen molar-refractivity contribution in [1.82, 2.24) is 0 Å². The second kappa shape index (κ2) is 10.3. The van der Waals surface area contributed by atoms with E-state index in [1.807, 2.05) is 0 Å². The maximum Gasteiger partial charge on any atom is 0.306 e. The first-order chi connectivity index (χ1) is 13.4. The van der Waals surface area contributed by atoms with Gasteiger partial charge in [0, 0.05) is 12.1 Å². The predicted octanol–water partition coefficient (Wildman–Crippen LogP) is 3.87. The molecule has 0 unspecified atom stereocenters. The first-order valence-corrected chi connectivity index (χ1v) is 8.92. The Bertz CT molecular complexity index is 807. The maximum absolute atomic E-state index is 13.5. The number of nitrogens with one attached hydrogen (secondary N) is 1. The summed E-state index contributed by atoms with van der Waals surface area (Å²) < 4.78 is 29.2. The molecule has 1 N–H and O–H groups in total. The van der Waals surface area contributed by atoms with Crippen LogP contribution in [0.1, 0.15) is 25.3 Å². The van der Waals surface area contributed by atoms with E-state index in [1.54, 1.807) is 50.4 Å². The van der Waals surface area contributed by atoms with E-state index in [0.29, 0.717) is 30.0 Å². The van der Waals surface area contributed by atoms with E-state index in [9.17, 15) is 14.0 Å². The zero-order chi connectivity index (χ0) is 20.5. The number of aryl methyl sites for hydroxylation is 1. The molecule has 0 bridgehead atoms. The number of carbonyl (C=O) groups excluding carboxylic acids is 2. The van der Waals surface area contributed by atoms with E-state index in [1.165, 1.54) is 13.0 Å². The standard InChI is InChI=1S/C21H24FNO5/c1-14-6-7-16(13-19(14)22)23-21(25)15(2)28-20(24)5-4-12-27-18-10-8-17(26-3)9-11-18/h6-11,13,15H,4-5,12H2,1-3H3,(H,23,25)/t15-/m1/s1. The predicted molar refractivity (Wildman–Crippen MR) is 103 cm³/mol. The topological polar surface area (TPSA) is 73.9 Å². The van der Waals surface area contributed by atoms with Gasteiger partial charge in [-0.3, -0.25) is 9.59 Å². The van der Waals surface area contributed by atoms with Crippen molar-refractivity contribution < 1.29 is 28.2 Å². The lowest BCUT2D eigenvalue weighted by Crippen LogP contribution is -2.30. The molecule has 2 aromatic carbocycles. The summed E-state index contributed by atoms with van der Waals surface area (Å²) in [6.45, 7) is 3.43. The second-order valence-corrected chi connectivity index (χ2v) is 6.21. The molecule has 0 fully saturated rings. The number of halogens is 1. The molecule has 2 aromatic rings. The van der Waals surface area contributed by atoms with E-state index in [0.717, 1.165) is 5.75 Å². The fourth-order valence-electron chi connectivity index (χ4n) is 2.30. The highest BCUT2D eigenvalue weighted by Crippen LogP contribution is 2.17. The molecule has 0 radical (unpaired) electrons. The van der Waals surface area contributed by atoms with E-state index in [-0.39, 0.29) is 6.42 Å². The van der Waals surface area contributed by atoms with Crippen molar-refractivity contribution in [2.75, 3.05) is 19.0 Å². The van der Waals surface area contributed by atoms with Gasteiger partial charge in [-0.15, -0.1) is 0 Å². The van der Waals surface area contributed by atoms with Gasteiger partial charge in [0.05, 0.1) is 13.7 Å². The average molecular weight is 389 g/mol. The van der Waals surface area contributed by atoms with E-state index < -0.39 is 23.8 Å². The Morgan fingerprint density at radius 2 is 1.79 bits per heavy atom. The third kappa shape index (κ3) is 6.57. The van der Waals surface area contributed by atoms with Gasteiger partial charge in [0.25, 0.3) is 5.91 Å². The van der Waals surface area contributed by atoms with Crippen LogP contribution in [0.5, 0.6) is 11.5 Å². The second-order valence-electron chi connectivity index (χ2n) is 6.21. The van der Waals surface area contributed by atoms with Crippen molar-refractivity contribution in [3.8, 4) is 11.5 Å². The first-order valence-electron chi connectivity index (χ1n) is 8.92. The summed E-state index contributed by atoms with van der Waals surface area (Å²) in [5.74, 6) is -0.0368. The minimum atomic E-state index is -0.987. The van der Waals surface area contributed by atoms with Gasteiger partial charge in [-0.05, 0) is 62.2 Å². The van der Waals surface area contributed by atoms with Crippen LogP contribution in [0.3, 0.4) is 0 Å². The molecule has 1 atom stereocenters. The monoisotopic (exact) mass is 389 g/mol. The lowest BCUT2D eigenvalue weighted by molar-refractivity contribution is -0.153. The van der Waals surface area contributed by atoms with Crippen molar-refractivity contribution in [3.63, 3.8) is 0 Å². The molecule has 0 aliphatic heterocycles. The molecule has 0 aromatic heterocycles. The van der Waals surface area contributed by atoms with Crippen molar-refractivity contribution in [2.24, 2.45) is 0 Å². The first kappa shape index (κ1) is 21.2. The minimum Gasteiger partial charge on any atom is -0.497 e. The van der Waals surface area contributed by atoms with Gasteiger partial charge in [0.2, 0.25) is 0 Å². The number of methoxy groups -OCH3 is 1. The van der Waals surface area contributed by atoms with Crippen LogP contribution in [0.15, 0.2) is 42.5 Å². The number of amides is 1. The maximum atomic E-state index is 13.5. The number of esters is 1. The largest absolute Gasteiger partial charge is 0.497 e. The Morgan fingerprint density at radius 1 is 1.11 bits per heavy atom. The number of ether oxygens (including phenoxy) is 3. The summed E-state index contributed by atoms with van der Waals surface area (Å²) in [5.41, 5.74) is 0.790. The lowest BCUT2D eigenvalue weighted by atomic mass is 10.2. The number of hydrogen-bond donors (Lipinski definition) is 1. The molecule has 0 heterocycles. The van der Waals surface area contributed by atoms with E-state index in [2.05, 4.69) is 5.32 Å². The number of hydrogen-bond acceptors (Lipinski definition) is 5. The summed E-state index contributed by atoms with van der Waals surface area (Å²) in [6, 6.07) is 11.5. The third-order valence-electron chi connectivity index (χ3n) is 3.97. The highest BCUT2D eigenvalue weighted by atomic mass is 19.1. The molecule has 7 heteroatoms. The molecule has 1 amide bonds. The normalized spacial score (nSPS) is 11.4. The van der Waals surface area contributed by atoms with Crippen LogP contribution in [0.4, 0.5) is 10.1 Å². The fraction of sp³-hybridized carbons (Fsp3) is 0.333. The zero-order valence-electron chi connectivity index (χ0n) is 16.2. The van der Waals surface area contributed by atoms with Gasteiger partial charge < -0.3 is 19.5 Å². The molecule has 0 saturated carbocycles. The molecule has 0 aliphatic carbocycles. The fourth-order valence-corrected chi connectivity index (χ4v) is 2.30. The summed E-state index contributed by atoms with van der Waals surface area (Å²) in [7, 11) is 1.59. The van der Waals surface area contributed by atoms with Gasteiger partial charge in [-0.1, -0.05) is 6.07 Å². The van der Waals surface area contributed by atoms with Crippen LogP contribution in [-0.4, -0.2) is 31.7 Å². The molecule has 2 rings (SSSR count). The average Bonchev–Trinajstić information content (AvgIpc) is 2.68. The Hall–Kier alpha value is -3.09. The zero-order valence-corrected chi connectivity index (χ0v) is 16.2. The Morgan fingerprint density at radius 3 is 2.43 bits per heavy atom. The molecule has 28 heavy (non-hydrogen) atoms. The summed E-state index contributed by atoms with van der Waals surface area (Å²) >= 11 is 0. The lowest BCUT2D eigenvalue weighted by Gasteiger charge is -2.14. The molecule has 6 nitrogen and oxygen atoms in total. The summed E-state index contributed by atoms with van der Waals surface area (Å²) in [6.07, 6.45) is -0.422. The molecular formula is C21H24FNO5. The molecular weight excluding hydrogens is 365 g/mol. The summed E-state index contributed by atoms with van der Waals surface area (Å²) in [4.78, 5) is 23.9. The van der Waals surface area contributed by atoms with Gasteiger partial charge >= 0.3 is 5.97 Å². The number of benzene rings is 2. The van der Waals surface area contributed by atoms with Gasteiger partial charge in [0.1, 0.15) is 17.3 Å². The Kier molecular flexibility index (Phi) is 7.80. The van der Waals surface area contributed by atoms with Crippen LogP contribution in [0, 0.1) is 12.7 Å². The molecule has 0 saturated heterocycles.